The fourth-order valence-electron chi connectivity index (χ4n) is 4.95. The highest BCUT2D eigenvalue weighted by Crippen LogP contribution is 2.36. The van der Waals surface area contributed by atoms with Crippen LogP contribution >= 0.6 is 11.6 Å². The van der Waals surface area contributed by atoms with E-state index < -0.39 is 45.9 Å². The second kappa shape index (κ2) is 13.2. The molecule has 1 fully saturated rings. The Labute approximate surface area is 238 Å². The number of anilines is 1. The Balaban J connectivity index is 1.99. The molecule has 220 valence electrons. The predicted octanol–water partition coefficient (Wildman–Crippen LogP) is 5.69. The molecule has 2 aromatic rings. The molecule has 1 N–H and O–H groups in total. The van der Waals surface area contributed by atoms with Gasteiger partial charge in [-0.1, -0.05) is 67.6 Å². The fourth-order valence-corrected chi connectivity index (χ4v) is 6.07. The van der Waals surface area contributed by atoms with Gasteiger partial charge in [-0.25, -0.2) is 8.42 Å². The van der Waals surface area contributed by atoms with Crippen LogP contribution in [0, 0.1) is 6.92 Å². The molecule has 0 saturated heterocycles. The van der Waals surface area contributed by atoms with E-state index in [9.17, 15) is 31.2 Å². The Morgan fingerprint density at radius 2 is 1.77 bits per heavy atom. The number of nitrogens with zero attached hydrogens (tertiary/aromatic N) is 2. The second-order valence-corrected chi connectivity index (χ2v) is 12.5. The molecule has 0 aliphatic heterocycles. The Morgan fingerprint density at radius 1 is 1.10 bits per heavy atom. The van der Waals surface area contributed by atoms with Gasteiger partial charge in [0.25, 0.3) is 0 Å². The Bertz CT molecular complexity index is 1310. The number of aryl methyl sites for hydroxylation is 1. The van der Waals surface area contributed by atoms with Crippen molar-refractivity contribution in [2.45, 2.75) is 77.2 Å². The molecule has 1 atom stereocenters. The Kier molecular flexibility index (Phi) is 10.5. The summed E-state index contributed by atoms with van der Waals surface area (Å²) in [6.45, 7) is 2.80. The number of carbonyl (C=O) groups excluding carboxylic acids is 2. The van der Waals surface area contributed by atoms with Gasteiger partial charge in [-0.05, 0) is 49.9 Å². The van der Waals surface area contributed by atoms with Gasteiger partial charge in [0.05, 0.1) is 22.5 Å². The summed E-state index contributed by atoms with van der Waals surface area (Å²) in [5, 5.41) is 2.77. The van der Waals surface area contributed by atoms with Crippen LogP contribution < -0.4 is 9.62 Å². The van der Waals surface area contributed by atoms with Gasteiger partial charge in [0.15, 0.2) is 0 Å². The molecule has 0 heterocycles. The first-order valence-electron chi connectivity index (χ1n) is 13.2. The zero-order valence-corrected chi connectivity index (χ0v) is 24.4. The van der Waals surface area contributed by atoms with Crippen LogP contribution in [0.25, 0.3) is 0 Å². The van der Waals surface area contributed by atoms with E-state index in [4.69, 9.17) is 11.6 Å². The van der Waals surface area contributed by atoms with Crippen LogP contribution in [0.5, 0.6) is 0 Å². The van der Waals surface area contributed by atoms with Crippen molar-refractivity contribution in [3.63, 3.8) is 0 Å². The lowest BCUT2D eigenvalue weighted by atomic mass is 9.95. The van der Waals surface area contributed by atoms with Crippen molar-refractivity contribution >= 4 is 39.1 Å². The molecule has 1 aliphatic carbocycles. The molecule has 0 radical (unpaired) electrons. The molecule has 7 nitrogen and oxygen atoms in total. The molecule has 2 amide bonds. The number of nitrogens with one attached hydrogen (secondary N) is 1. The average molecular weight is 602 g/mol. The third-order valence-electron chi connectivity index (χ3n) is 6.99. The number of carbonyl (C=O) groups is 2. The van der Waals surface area contributed by atoms with Crippen LogP contribution in [0.15, 0.2) is 42.5 Å². The second-order valence-electron chi connectivity index (χ2n) is 10.2. The molecular weight excluding hydrogens is 567 g/mol. The molecule has 1 unspecified atom stereocenters. The van der Waals surface area contributed by atoms with Gasteiger partial charge in [0.1, 0.15) is 12.6 Å². The van der Waals surface area contributed by atoms with Crippen molar-refractivity contribution in [3.8, 4) is 0 Å². The van der Waals surface area contributed by atoms with Crippen LogP contribution in [-0.2, 0) is 32.3 Å². The first-order valence-corrected chi connectivity index (χ1v) is 15.4. The van der Waals surface area contributed by atoms with E-state index in [1.807, 2.05) is 25.1 Å². The predicted molar refractivity (Wildman–Crippen MR) is 149 cm³/mol. The van der Waals surface area contributed by atoms with Crippen LogP contribution in [0.4, 0.5) is 18.9 Å². The van der Waals surface area contributed by atoms with E-state index in [-0.39, 0.29) is 29.9 Å². The molecular formula is C28H35ClF3N3O4S. The van der Waals surface area contributed by atoms with Gasteiger partial charge < -0.3 is 10.2 Å². The molecule has 1 saturated carbocycles. The maximum absolute atomic E-state index is 13.8. The summed E-state index contributed by atoms with van der Waals surface area (Å²) in [7, 11) is -4.25. The summed E-state index contributed by atoms with van der Waals surface area (Å²) in [6, 6.07) is 8.68. The largest absolute Gasteiger partial charge is 0.416 e. The molecule has 0 spiro atoms. The highest BCUT2D eigenvalue weighted by molar-refractivity contribution is 7.92. The minimum absolute atomic E-state index is 0.00499. The average Bonchev–Trinajstić information content (AvgIpc) is 2.87. The topological polar surface area (TPSA) is 86.8 Å². The molecule has 0 bridgehead atoms. The van der Waals surface area contributed by atoms with E-state index >= 15 is 0 Å². The smallest absolute Gasteiger partial charge is 0.352 e. The van der Waals surface area contributed by atoms with Gasteiger partial charge in [-0.2, -0.15) is 13.2 Å². The normalized spacial score (nSPS) is 15.4. The van der Waals surface area contributed by atoms with Crippen molar-refractivity contribution in [3.05, 3.63) is 64.2 Å². The Hall–Kier alpha value is -2.79. The quantitative estimate of drug-likeness (QED) is 0.379. The summed E-state index contributed by atoms with van der Waals surface area (Å²) >= 11 is 6.14. The lowest BCUT2D eigenvalue weighted by Crippen LogP contribution is -2.54. The lowest BCUT2D eigenvalue weighted by molar-refractivity contribution is -0.140. The standard InChI is InChI=1S/C28H35ClF3N3O4S/c1-4-24(27(37)33-22-11-6-5-7-12-22)34(17-20-10-8-9-19(2)15-20)26(36)18-35(40(3,38)39)25-16-21(28(30,31)32)13-14-23(25)29/h8-10,13-16,22,24H,4-7,11-12,17-18H2,1-3H3,(H,33,37). The summed E-state index contributed by atoms with van der Waals surface area (Å²) in [6.07, 6.45) is 1.04. The fraction of sp³-hybridized carbons (Fsp3) is 0.500. The van der Waals surface area contributed by atoms with Crippen LogP contribution in [-0.4, -0.2) is 50.0 Å². The zero-order valence-electron chi connectivity index (χ0n) is 22.8. The van der Waals surface area contributed by atoms with Crippen LogP contribution in [0.1, 0.15) is 62.1 Å². The zero-order chi connectivity index (χ0) is 29.7. The van der Waals surface area contributed by atoms with Crippen molar-refractivity contribution < 1.29 is 31.2 Å². The van der Waals surface area contributed by atoms with E-state index in [1.165, 1.54) is 4.90 Å². The number of benzene rings is 2. The number of hydrogen-bond donors (Lipinski definition) is 1. The molecule has 3 rings (SSSR count). The monoisotopic (exact) mass is 601 g/mol. The maximum atomic E-state index is 13.8. The summed E-state index contributed by atoms with van der Waals surface area (Å²) in [5.41, 5.74) is 0.0730. The number of sulfonamides is 1. The first-order chi connectivity index (χ1) is 18.7. The van der Waals surface area contributed by atoms with E-state index in [2.05, 4.69) is 5.32 Å². The lowest BCUT2D eigenvalue weighted by Gasteiger charge is -2.34. The van der Waals surface area contributed by atoms with Crippen LogP contribution in [0.3, 0.4) is 0 Å². The van der Waals surface area contributed by atoms with Crippen molar-refractivity contribution in [1.29, 1.82) is 0 Å². The van der Waals surface area contributed by atoms with Crippen LogP contribution in [0.2, 0.25) is 5.02 Å². The maximum Gasteiger partial charge on any atom is 0.416 e. The van der Waals surface area contributed by atoms with Gasteiger partial charge in [0, 0.05) is 12.6 Å². The molecule has 2 aromatic carbocycles. The number of hydrogen-bond acceptors (Lipinski definition) is 4. The van der Waals surface area contributed by atoms with Gasteiger partial charge in [0.2, 0.25) is 21.8 Å². The number of rotatable bonds is 10. The molecule has 40 heavy (non-hydrogen) atoms. The first kappa shape index (κ1) is 31.7. The Morgan fingerprint density at radius 3 is 2.35 bits per heavy atom. The summed E-state index contributed by atoms with van der Waals surface area (Å²) in [5.74, 6) is -1.09. The summed E-state index contributed by atoms with van der Waals surface area (Å²) < 4.78 is 66.4. The number of halogens is 4. The van der Waals surface area contributed by atoms with Gasteiger partial charge in [-0.3, -0.25) is 13.9 Å². The molecule has 12 heteroatoms. The van der Waals surface area contributed by atoms with Crippen molar-refractivity contribution in [2.24, 2.45) is 0 Å². The SMILES string of the molecule is CCC(C(=O)NC1CCCCC1)N(Cc1cccc(C)c1)C(=O)CN(c1cc(C(F)(F)F)ccc1Cl)S(C)(=O)=O. The summed E-state index contributed by atoms with van der Waals surface area (Å²) in [4.78, 5) is 28.6. The number of alkyl halides is 3. The van der Waals surface area contributed by atoms with Crippen molar-refractivity contribution in [2.75, 3.05) is 17.1 Å². The molecule has 1 aliphatic rings. The van der Waals surface area contributed by atoms with Gasteiger partial charge in [-0.15, -0.1) is 0 Å². The minimum atomic E-state index is -4.76. The highest BCUT2D eigenvalue weighted by atomic mass is 35.5. The third kappa shape index (κ3) is 8.36. The van der Waals surface area contributed by atoms with E-state index in [0.717, 1.165) is 61.6 Å². The van der Waals surface area contributed by atoms with E-state index in [0.29, 0.717) is 10.4 Å². The highest BCUT2D eigenvalue weighted by Gasteiger charge is 2.35. The minimum Gasteiger partial charge on any atom is -0.352 e. The third-order valence-corrected chi connectivity index (χ3v) is 8.44. The van der Waals surface area contributed by atoms with Crippen molar-refractivity contribution in [1.82, 2.24) is 10.2 Å². The van der Waals surface area contributed by atoms with Gasteiger partial charge >= 0.3 is 6.18 Å². The van der Waals surface area contributed by atoms with E-state index in [1.54, 1.807) is 13.0 Å². The number of amides is 2. The molecule has 0 aromatic heterocycles.